The van der Waals surface area contributed by atoms with Crippen LogP contribution in [-0.2, 0) is 30.3 Å². The number of rotatable bonds is 8. The number of hydrogen-bond acceptors (Lipinski definition) is 12. The van der Waals surface area contributed by atoms with Gasteiger partial charge >= 0.3 is 5.97 Å². The van der Waals surface area contributed by atoms with Gasteiger partial charge in [-0.1, -0.05) is 39.3 Å². The van der Waals surface area contributed by atoms with Gasteiger partial charge in [0.05, 0.1) is 51.4 Å². The monoisotopic (exact) mass is 983 g/mol. The molecule has 6 aromatic rings. The van der Waals surface area contributed by atoms with Crippen LogP contribution in [0.4, 0.5) is 46.4 Å². The third-order valence-electron chi connectivity index (χ3n) is 12.1. The Kier molecular flexibility index (Phi) is 13.5. The minimum atomic E-state index is -0.790. The van der Waals surface area contributed by atoms with Crippen molar-refractivity contribution in [2.45, 2.75) is 87.2 Å². The first-order chi connectivity index (χ1) is 32.9. The number of fused-ring (bicyclic) bond motifs is 2. The third-order valence-corrected chi connectivity index (χ3v) is 12.6. The van der Waals surface area contributed by atoms with E-state index in [1.165, 1.54) is 6.07 Å². The lowest BCUT2D eigenvalue weighted by Crippen LogP contribution is -2.36. The minimum absolute atomic E-state index is 0.0621. The van der Waals surface area contributed by atoms with Crippen molar-refractivity contribution in [2.24, 2.45) is 10.8 Å². The molecule has 9 rings (SSSR count). The summed E-state index contributed by atoms with van der Waals surface area (Å²) < 4.78 is 68.5. The van der Waals surface area contributed by atoms with E-state index in [1.54, 1.807) is 63.0 Å². The van der Waals surface area contributed by atoms with E-state index in [2.05, 4.69) is 30.2 Å². The molecule has 0 unspecified atom stereocenters. The third kappa shape index (κ3) is 10.6. The number of amides is 2. The zero-order valence-corrected chi connectivity index (χ0v) is 41.2. The number of hydrogen-bond donors (Lipinski definition) is 1. The van der Waals surface area contributed by atoms with E-state index in [0.717, 1.165) is 18.2 Å². The predicted molar refractivity (Wildman–Crippen MR) is 260 cm³/mol. The number of benzene rings is 2. The predicted octanol–water partition coefficient (Wildman–Crippen LogP) is 10.1. The molecule has 3 saturated heterocycles. The van der Waals surface area contributed by atoms with Gasteiger partial charge in [0.2, 0.25) is 11.8 Å². The van der Waals surface area contributed by atoms with Crippen molar-refractivity contribution in [2.75, 3.05) is 59.4 Å². The number of pyridine rings is 3. The standard InChI is InChI=1S/C35H39F2N7O4.C16H15ClF2N2O/c1-20-32(31-24(37)11-22(36)12-26(31)42-33(20)44-19-35(5,6)15-29(44)45)41-25-13-28(43-7-9-47-10-8-43)40-18-23(25)21-16-38-27(39-17-21)14-30(46)48-34(2,3)4;1-8-14(17)13-10(19)4-9(18)5-11(13)20-15(8)21-7-16(2,3)6-12(21)22/h11-13,16-18H,7-10,14-15,19H2,1-6H3,(H,40,41,42);4-5H,6-7H2,1-3H3. The summed E-state index contributed by atoms with van der Waals surface area (Å²) in [6.07, 6.45) is 5.50. The fourth-order valence-electron chi connectivity index (χ4n) is 8.93. The van der Waals surface area contributed by atoms with Crippen molar-refractivity contribution in [3.8, 4) is 11.1 Å². The highest BCUT2D eigenvalue weighted by Gasteiger charge is 2.40. The quantitative estimate of drug-likeness (QED) is 0.114. The molecule has 70 heavy (non-hydrogen) atoms. The van der Waals surface area contributed by atoms with Crippen molar-refractivity contribution in [3.05, 3.63) is 94.2 Å². The van der Waals surface area contributed by atoms with E-state index in [-0.39, 0.29) is 55.9 Å². The van der Waals surface area contributed by atoms with Crippen LogP contribution in [-0.4, -0.2) is 87.7 Å². The average Bonchev–Trinajstić information content (AvgIpc) is 3.72. The molecule has 3 aliphatic rings. The molecule has 2 amide bonds. The molecule has 7 heterocycles. The maximum atomic E-state index is 15.7. The topological polar surface area (TPSA) is 156 Å². The van der Waals surface area contributed by atoms with Crippen molar-refractivity contribution < 1.29 is 41.4 Å². The Morgan fingerprint density at radius 1 is 0.771 bits per heavy atom. The second-order valence-electron chi connectivity index (χ2n) is 20.5. The van der Waals surface area contributed by atoms with E-state index in [0.29, 0.717) is 109 Å². The summed E-state index contributed by atoms with van der Waals surface area (Å²) in [4.78, 5) is 65.4. The highest BCUT2D eigenvalue weighted by Crippen LogP contribution is 2.43. The number of aromatic nitrogens is 5. The summed E-state index contributed by atoms with van der Waals surface area (Å²) in [5, 5.41) is 3.75. The first-order valence-electron chi connectivity index (χ1n) is 22.8. The van der Waals surface area contributed by atoms with Crippen LogP contribution in [0.1, 0.15) is 78.3 Å². The molecule has 368 valence electrons. The molecule has 3 fully saturated rings. The maximum Gasteiger partial charge on any atom is 0.314 e. The van der Waals surface area contributed by atoms with Crippen molar-refractivity contribution in [1.29, 1.82) is 0 Å². The molecule has 0 atom stereocenters. The van der Waals surface area contributed by atoms with Crippen LogP contribution >= 0.6 is 11.6 Å². The Hall–Kier alpha value is -6.53. The molecule has 0 radical (unpaired) electrons. The second-order valence-corrected chi connectivity index (χ2v) is 20.9. The lowest BCUT2D eigenvalue weighted by atomic mass is 9.93. The molecule has 0 saturated carbocycles. The van der Waals surface area contributed by atoms with Crippen LogP contribution in [0, 0.1) is 47.9 Å². The first kappa shape index (κ1) is 49.9. The Balaban J connectivity index is 0.000000249. The summed E-state index contributed by atoms with van der Waals surface area (Å²) in [6.45, 7) is 20.1. The van der Waals surface area contributed by atoms with Gasteiger partial charge < -0.3 is 19.7 Å². The molecule has 1 N–H and O–H groups in total. The molecule has 0 spiro atoms. The minimum Gasteiger partial charge on any atom is -0.460 e. The number of carbonyl (C=O) groups is 3. The number of nitrogens with zero attached hydrogens (tertiary/aromatic N) is 8. The van der Waals surface area contributed by atoms with Crippen LogP contribution in [0.3, 0.4) is 0 Å². The van der Waals surface area contributed by atoms with Crippen LogP contribution in [0.5, 0.6) is 0 Å². The first-order valence-corrected chi connectivity index (χ1v) is 23.2. The van der Waals surface area contributed by atoms with Gasteiger partial charge in [0, 0.05) is 110 Å². The number of nitrogens with one attached hydrogen (secondary N) is 1. The normalized spacial score (nSPS) is 16.8. The highest BCUT2D eigenvalue weighted by molar-refractivity contribution is 6.36. The van der Waals surface area contributed by atoms with E-state index in [4.69, 9.17) is 26.1 Å². The molecular weight excluding hydrogens is 930 g/mol. The van der Waals surface area contributed by atoms with Crippen LogP contribution < -0.4 is 20.0 Å². The van der Waals surface area contributed by atoms with Gasteiger partial charge in [0.1, 0.15) is 58.6 Å². The largest absolute Gasteiger partial charge is 0.460 e. The number of morpholine rings is 1. The van der Waals surface area contributed by atoms with Crippen molar-refractivity contribution in [1.82, 2.24) is 24.9 Å². The number of halogens is 5. The van der Waals surface area contributed by atoms with Gasteiger partial charge in [-0.05, 0) is 45.4 Å². The maximum absolute atomic E-state index is 15.7. The molecule has 2 aromatic carbocycles. The number of anilines is 5. The number of ether oxygens (including phenoxy) is 2. The van der Waals surface area contributed by atoms with E-state index < -0.39 is 34.8 Å². The van der Waals surface area contributed by atoms with Gasteiger partial charge in [0.25, 0.3) is 0 Å². The molecular formula is C51H54ClF4N9O5. The number of esters is 1. The average molecular weight is 984 g/mol. The summed E-state index contributed by atoms with van der Waals surface area (Å²) in [7, 11) is 0. The Labute approximate surface area is 407 Å². The fraction of sp³-hybridized carbons (Fsp3) is 0.412. The fourth-order valence-corrected chi connectivity index (χ4v) is 9.20. The van der Waals surface area contributed by atoms with Gasteiger partial charge in [-0.25, -0.2) is 42.5 Å². The molecule has 19 heteroatoms. The van der Waals surface area contributed by atoms with Crippen LogP contribution in [0.25, 0.3) is 32.9 Å². The van der Waals surface area contributed by atoms with Gasteiger partial charge in [-0.15, -0.1) is 0 Å². The van der Waals surface area contributed by atoms with Crippen LogP contribution in [0.2, 0.25) is 5.02 Å². The molecule has 14 nitrogen and oxygen atoms in total. The Morgan fingerprint density at radius 3 is 1.83 bits per heavy atom. The van der Waals surface area contributed by atoms with E-state index in [9.17, 15) is 27.6 Å². The van der Waals surface area contributed by atoms with Crippen molar-refractivity contribution >= 4 is 80.0 Å². The zero-order valence-electron chi connectivity index (χ0n) is 40.5. The van der Waals surface area contributed by atoms with Crippen molar-refractivity contribution in [3.63, 3.8) is 0 Å². The molecule has 0 aliphatic carbocycles. The molecule has 4 aromatic heterocycles. The second kappa shape index (κ2) is 19.0. The summed E-state index contributed by atoms with van der Waals surface area (Å²) in [5.74, 6) is -1.98. The smallest absolute Gasteiger partial charge is 0.314 e. The van der Waals surface area contributed by atoms with Gasteiger partial charge in [-0.2, -0.15) is 0 Å². The summed E-state index contributed by atoms with van der Waals surface area (Å²) in [6, 6.07) is 5.74. The SMILES string of the molecule is Cc1c(N2CC(C)(C)CC2=O)nc2cc(F)cc(F)c2c1Cl.Cc1c(N2CC(C)(C)CC2=O)nc2cc(F)cc(F)c2c1Nc1cc(N2CCOCC2)ncc1-c1cnc(CC(=O)OC(C)(C)C)nc1. The van der Waals surface area contributed by atoms with Gasteiger partial charge in [-0.3, -0.25) is 24.2 Å². The highest BCUT2D eigenvalue weighted by atomic mass is 35.5. The zero-order chi connectivity index (χ0) is 50.6. The lowest BCUT2D eigenvalue weighted by Gasteiger charge is -2.29. The summed E-state index contributed by atoms with van der Waals surface area (Å²) >= 11 is 6.25. The van der Waals surface area contributed by atoms with Crippen LogP contribution in [0.15, 0.2) is 48.9 Å². The van der Waals surface area contributed by atoms with E-state index in [1.807, 2.05) is 33.8 Å². The lowest BCUT2D eigenvalue weighted by molar-refractivity contribution is -0.154. The van der Waals surface area contributed by atoms with Gasteiger partial charge in [0.15, 0.2) is 0 Å². The summed E-state index contributed by atoms with van der Waals surface area (Å²) in [5.41, 5.74) is 2.22. The molecule has 0 bridgehead atoms. The molecule has 3 aliphatic heterocycles. The Bertz CT molecular complexity index is 3070. The Morgan fingerprint density at radius 2 is 1.30 bits per heavy atom. The van der Waals surface area contributed by atoms with E-state index >= 15 is 4.39 Å². The number of carbonyl (C=O) groups excluding carboxylic acids is 3.